The average Bonchev–Trinajstić information content (AvgIpc) is 1.60. The van der Waals surface area contributed by atoms with Crippen molar-refractivity contribution in [3.05, 3.63) is 234 Å². The summed E-state index contributed by atoms with van der Waals surface area (Å²) in [4.78, 5) is 11.1. The van der Waals surface area contributed by atoms with Crippen molar-refractivity contribution in [3.63, 3.8) is 0 Å². The molecule has 0 heterocycles. The number of aliphatic hydroxyl groups is 10. The van der Waals surface area contributed by atoms with Crippen LogP contribution in [0.5, 0.6) is 17.2 Å². The first kappa shape index (κ1) is 87.4. The van der Waals surface area contributed by atoms with Crippen molar-refractivity contribution in [3.8, 4) is 17.2 Å². The highest BCUT2D eigenvalue weighted by Crippen LogP contribution is 2.60. The number of ether oxygens (including phenoxy) is 3. The Kier molecular flexibility index (Phi) is 45.3. The maximum absolute atomic E-state index is 11.1. The van der Waals surface area contributed by atoms with Gasteiger partial charge in [0, 0.05) is 13.2 Å². The molecular weight excluding hydrogens is 1280 g/mol. The Balaban J connectivity index is 0.000000242. The summed E-state index contributed by atoms with van der Waals surface area (Å²) in [6.07, 6.45) is 23.4. The van der Waals surface area contributed by atoms with Crippen molar-refractivity contribution < 1.29 is 75.2 Å². The van der Waals surface area contributed by atoms with Gasteiger partial charge < -0.3 is 70.4 Å². The number of phenolic OH excluding ortho intramolecular Hbond substituents is 1. The lowest BCUT2D eigenvalue weighted by Crippen LogP contribution is -2.27. The fraction of sp³-hybridized carbons (Fsp3) is 0.506. The number of aliphatic hydroxyl groups excluding tert-OH is 10. The standard InChI is InChI=1S/C13H12O.C11H18O.C10H20O.C9H10O4.C9H12O2.C8H10O2.C8H10O.C7H8O.2C6H12O/c14-13(11-7-3-1-4-8-11)12-9-5-2-6-10-12;12-6-8-4-7-5-11(8)10-3-1-2-9(7)10;1-10(2,3)8-4-6-9(11)7-5-8;10-5-6-13-9(12)7-3-1-2-4-8(7)11;1-8(10)7-11-9-5-3-2-4-6-9;9-6-7-10-8-4-2-1-3-5-8;9-7-6-8-4-2-1-3-5-8;8-6-7-4-2-1-3-5-7;2*7-6-4-2-1-3-5-6/h1-10,13-14H;7-12H,1-6H2;8-9,11H,4-7H2,1-3H3;1-4,10-11H,5-6H2;2-6,8,10H,7H2,1H3;1-5,9H,6-7H2;1-5,9H,6-7H2;1-5,8H,6H2;2*6-7H,1-5H2. The molecule has 6 aliphatic rings. The number of carbonyl (C=O) groups is 1. The van der Waals surface area contributed by atoms with Gasteiger partial charge in [0.1, 0.15) is 48.7 Å². The second-order valence-corrected chi connectivity index (χ2v) is 28.1. The van der Waals surface area contributed by atoms with Crippen LogP contribution in [0.1, 0.15) is 188 Å². The Morgan fingerprint density at radius 3 is 1.29 bits per heavy atom. The Hall–Kier alpha value is -6.99. The van der Waals surface area contributed by atoms with Crippen LogP contribution in [0, 0.1) is 40.9 Å². The molecule has 7 aromatic carbocycles. The van der Waals surface area contributed by atoms with Crippen LogP contribution in [0.2, 0.25) is 0 Å². The summed E-state index contributed by atoms with van der Waals surface area (Å²) in [6, 6.07) is 63.8. The van der Waals surface area contributed by atoms with Gasteiger partial charge in [0.25, 0.3) is 0 Å². The van der Waals surface area contributed by atoms with E-state index in [9.17, 15) is 25.2 Å². The maximum Gasteiger partial charge on any atom is 0.341 e. The molecule has 562 valence electrons. The summed E-state index contributed by atoms with van der Waals surface area (Å²) < 4.78 is 14.9. The smallest absolute Gasteiger partial charge is 0.341 e. The first-order valence-electron chi connectivity index (χ1n) is 37.3. The monoisotopic (exact) mass is 1410 g/mol. The lowest BCUT2D eigenvalue weighted by atomic mass is 9.72. The summed E-state index contributed by atoms with van der Waals surface area (Å²) in [5.74, 6) is 6.41. The zero-order chi connectivity index (χ0) is 74.0. The largest absolute Gasteiger partial charge is 0.507 e. The quantitative estimate of drug-likeness (QED) is 0.0426. The van der Waals surface area contributed by atoms with E-state index in [4.69, 9.17) is 45.2 Å². The number of phenols is 1. The molecule has 6 unspecified atom stereocenters. The molecule has 6 fully saturated rings. The SMILES string of the molecule is CC(C)(C)C1CCC(O)CC1.CC(O)COc1ccccc1.O=C(OCCO)c1ccccc1O.OC(c1ccccc1)c1ccccc1.OC1CCCCC1.OC1CCCCC1.OCC1CC2CC1C1CCCC21.OCCOc1ccccc1.OCCc1ccccc1.OCc1ccccc1. The van der Waals surface area contributed by atoms with Crippen molar-refractivity contribution in [1.82, 2.24) is 0 Å². The van der Waals surface area contributed by atoms with Crippen molar-refractivity contribution in [2.24, 2.45) is 40.9 Å². The van der Waals surface area contributed by atoms with E-state index in [1.54, 1.807) is 19.1 Å². The van der Waals surface area contributed by atoms with Gasteiger partial charge in [-0.3, -0.25) is 0 Å². The van der Waals surface area contributed by atoms with Gasteiger partial charge in [0.2, 0.25) is 0 Å². The second-order valence-electron chi connectivity index (χ2n) is 28.1. The van der Waals surface area contributed by atoms with E-state index in [2.05, 4.69) is 25.5 Å². The second kappa shape index (κ2) is 52.9. The van der Waals surface area contributed by atoms with Gasteiger partial charge in [-0.25, -0.2) is 4.79 Å². The van der Waals surface area contributed by atoms with Crippen LogP contribution >= 0.6 is 0 Å². The lowest BCUT2D eigenvalue weighted by Gasteiger charge is -2.35. The molecule has 11 N–H and O–H groups in total. The Morgan fingerprint density at radius 1 is 0.451 bits per heavy atom. The number of hydrogen-bond donors (Lipinski definition) is 11. The summed E-state index contributed by atoms with van der Waals surface area (Å²) in [6.45, 7) is 9.94. The van der Waals surface area contributed by atoms with Crippen LogP contribution in [-0.4, -0.2) is 133 Å². The number of aromatic hydroxyl groups is 1. The number of benzene rings is 7. The van der Waals surface area contributed by atoms with Crippen LogP contribution in [0.3, 0.4) is 0 Å². The van der Waals surface area contributed by atoms with Crippen LogP contribution in [-0.2, 0) is 17.8 Å². The number of esters is 1. The maximum atomic E-state index is 11.1. The minimum atomic E-state index is -0.632. The topological polar surface area (TPSA) is 267 Å². The highest BCUT2D eigenvalue weighted by molar-refractivity contribution is 5.92. The summed E-state index contributed by atoms with van der Waals surface area (Å²) >= 11 is 0. The zero-order valence-electron chi connectivity index (χ0n) is 61.3. The molecule has 6 saturated carbocycles. The molecule has 7 aromatic rings. The van der Waals surface area contributed by atoms with Gasteiger partial charge in [0.15, 0.2) is 0 Å². The Labute approximate surface area is 609 Å². The minimum Gasteiger partial charge on any atom is -0.507 e. The van der Waals surface area contributed by atoms with E-state index < -0.39 is 18.2 Å². The van der Waals surface area contributed by atoms with E-state index in [1.165, 1.54) is 101 Å². The van der Waals surface area contributed by atoms with Crippen molar-refractivity contribution >= 4 is 5.97 Å². The highest BCUT2D eigenvalue weighted by Gasteiger charge is 2.53. The van der Waals surface area contributed by atoms with E-state index in [1.807, 2.05) is 182 Å². The van der Waals surface area contributed by atoms with Gasteiger partial charge in [-0.15, -0.1) is 0 Å². The van der Waals surface area contributed by atoms with Crippen LogP contribution in [0.4, 0.5) is 0 Å². The predicted octanol–water partition coefficient (Wildman–Crippen LogP) is 15.5. The molecule has 6 aliphatic carbocycles. The number of rotatable bonds is 15. The molecule has 2 bridgehead atoms. The van der Waals surface area contributed by atoms with Gasteiger partial charge in [0.05, 0.1) is 44.2 Å². The molecule has 13 rings (SSSR count). The Bertz CT molecular complexity index is 3030. The van der Waals surface area contributed by atoms with Crippen molar-refractivity contribution in [2.45, 2.75) is 193 Å². The third-order valence-corrected chi connectivity index (χ3v) is 19.2. The van der Waals surface area contributed by atoms with E-state index in [0.717, 1.165) is 103 Å². The van der Waals surface area contributed by atoms with Crippen LogP contribution in [0.15, 0.2) is 206 Å². The molecule has 15 heteroatoms. The van der Waals surface area contributed by atoms with Crippen molar-refractivity contribution in [2.75, 3.05) is 46.2 Å². The van der Waals surface area contributed by atoms with E-state index >= 15 is 0 Å². The number of para-hydroxylation sites is 3. The molecule has 0 radical (unpaired) electrons. The van der Waals surface area contributed by atoms with Gasteiger partial charge in [-0.1, -0.05) is 236 Å². The highest BCUT2D eigenvalue weighted by atomic mass is 16.5. The molecule has 0 aromatic heterocycles. The van der Waals surface area contributed by atoms with Crippen LogP contribution in [0.25, 0.3) is 0 Å². The fourth-order valence-electron chi connectivity index (χ4n) is 13.6. The molecule has 15 nitrogen and oxygen atoms in total. The van der Waals surface area contributed by atoms with Gasteiger partial charge >= 0.3 is 5.97 Å². The molecule has 0 saturated heterocycles. The lowest BCUT2D eigenvalue weighted by molar-refractivity contribution is 0.0430. The molecular formula is C87H124O15. The molecule has 6 atom stereocenters. The zero-order valence-corrected chi connectivity index (χ0v) is 61.3. The average molecular weight is 1410 g/mol. The molecule has 0 spiro atoms. The van der Waals surface area contributed by atoms with E-state index in [0.29, 0.717) is 31.2 Å². The number of hydrogen-bond acceptors (Lipinski definition) is 15. The summed E-state index contributed by atoms with van der Waals surface area (Å²) in [7, 11) is 0. The first-order chi connectivity index (χ1) is 49.4. The third-order valence-electron chi connectivity index (χ3n) is 19.2. The molecule has 102 heavy (non-hydrogen) atoms. The minimum absolute atomic E-state index is 0.00593. The van der Waals surface area contributed by atoms with Crippen LogP contribution < -0.4 is 9.47 Å². The predicted molar refractivity (Wildman–Crippen MR) is 408 cm³/mol. The normalized spacial score (nSPS) is 20.2. The number of fused-ring (bicyclic) bond motifs is 5. The fourth-order valence-corrected chi connectivity index (χ4v) is 13.6. The molecule has 0 amide bonds. The van der Waals surface area contributed by atoms with Crippen molar-refractivity contribution in [1.29, 1.82) is 0 Å². The summed E-state index contributed by atoms with van der Waals surface area (Å²) in [5, 5.41) is 98.3. The summed E-state index contributed by atoms with van der Waals surface area (Å²) in [5.41, 5.74) is 4.57. The van der Waals surface area contributed by atoms with Gasteiger partial charge in [-0.05, 0) is 190 Å². The molecule has 0 aliphatic heterocycles. The third kappa shape index (κ3) is 36.9. The first-order valence-corrected chi connectivity index (χ1v) is 37.3. The number of carbonyl (C=O) groups excluding carboxylic acids is 1. The van der Waals surface area contributed by atoms with Gasteiger partial charge in [-0.2, -0.15) is 0 Å². The Morgan fingerprint density at radius 2 is 0.882 bits per heavy atom. The van der Waals surface area contributed by atoms with E-state index in [-0.39, 0.29) is 62.7 Å².